The van der Waals surface area contributed by atoms with Gasteiger partial charge in [-0.1, -0.05) is 6.07 Å². The zero-order valence-electron chi connectivity index (χ0n) is 11.9. The lowest BCUT2D eigenvalue weighted by Gasteiger charge is -2.25. The third kappa shape index (κ3) is 2.31. The molecule has 0 fully saturated rings. The van der Waals surface area contributed by atoms with Crippen LogP contribution in [0.5, 0.6) is 11.5 Å². The van der Waals surface area contributed by atoms with Gasteiger partial charge in [-0.3, -0.25) is 9.78 Å². The Labute approximate surface area is 122 Å². The van der Waals surface area contributed by atoms with E-state index in [0.29, 0.717) is 18.0 Å². The van der Waals surface area contributed by atoms with Gasteiger partial charge in [0.2, 0.25) is 5.91 Å². The van der Waals surface area contributed by atoms with Gasteiger partial charge in [0.05, 0.1) is 20.1 Å². The SMILES string of the molecule is COc1ccc(C2C(=O)NCc3ccncc32)cc1OC. The third-order valence-corrected chi connectivity index (χ3v) is 3.71. The van der Waals surface area contributed by atoms with E-state index in [9.17, 15) is 4.79 Å². The zero-order valence-corrected chi connectivity index (χ0v) is 11.9. The number of carbonyl (C=O) groups is 1. The van der Waals surface area contributed by atoms with Crippen molar-refractivity contribution in [1.29, 1.82) is 0 Å². The summed E-state index contributed by atoms with van der Waals surface area (Å²) in [5, 5.41) is 2.91. The lowest BCUT2D eigenvalue weighted by molar-refractivity contribution is -0.122. The van der Waals surface area contributed by atoms with Crippen molar-refractivity contribution in [2.75, 3.05) is 14.2 Å². The summed E-state index contributed by atoms with van der Waals surface area (Å²) in [4.78, 5) is 16.4. The minimum absolute atomic E-state index is 0.0253. The molecule has 1 aromatic carbocycles. The highest BCUT2D eigenvalue weighted by molar-refractivity contribution is 5.89. The molecule has 0 saturated heterocycles. The Kier molecular flexibility index (Phi) is 3.48. The van der Waals surface area contributed by atoms with Crippen LogP contribution in [0.25, 0.3) is 0 Å². The van der Waals surface area contributed by atoms with Crippen molar-refractivity contribution in [2.45, 2.75) is 12.5 Å². The summed E-state index contributed by atoms with van der Waals surface area (Å²) in [6, 6.07) is 7.47. The second kappa shape index (κ2) is 5.44. The highest BCUT2D eigenvalue weighted by Crippen LogP contribution is 2.35. The van der Waals surface area contributed by atoms with Crippen LogP contribution in [0.2, 0.25) is 0 Å². The lowest BCUT2D eigenvalue weighted by Crippen LogP contribution is -2.35. The standard InChI is InChI=1S/C16H16N2O3/c1-20-13-4-3-10(7-14(13)21-2)15-12-9-17-6-5-11(12)8-18-16(15)19/h3-7,9,15H,8H2,1-2H3,(H,18,19). The van der Waals surface area contributed by atoms with Crippen molar-refractivity contribution >= 4 is 5.91 Å². The number of hydrogen-bond donors (Lipinski definition) is 1. The van der Waals surface area contributed by atoms with Gasteiger partial charge in [0.25, 0.3) is 0 Å². The van der Waals surface area contributed by atoms with Gasteiger partial charge in [-0.2, -0.15) is 0 Å². The van der Waals surface area contributed by atoms with E-state index < -0.39 is 0 Å². The number of nitrogens with one attached hydrogen (secondary N) is 1. The van der Waals surface area contributed by atoms with E-state index in [-0.39, 0.29) is 11.8 Å². The molecule has 2 aromatic rings. The molecule has 3 rings (SSSR count). The number of amides is 1. The van der Waals surface area contributed by atoms with Crippen LogP contribution in [0, 0.1) is 0 Å². The molecule has 0 saturated carbocycles. The molecule has 0 spiro atoms. The van der Waals surface area contributed by atoms with Crippen LogP contribution in [0.1, 0.15) is 22.6 Å². The summed E-state index contributed by atoms with van der Waals surface area (Å²) in [5.41, 5.74) is 2.89. The summed E-state index contributed by atoms with van der Waals surface area (Å²) in [7, 11) is 3.17. The molecule has 0 aliphatic carbocycles. The topological polar surface area (TPSA) is 60.5 Å². The molecule has 5 heteroatoms. The third-order valence-electron chi connectivity index (χ3n) is 3.71. The number of ether oxygens (including phenoxy) is 2. The minimum atomic E-state index is -0.373. The molecule has 108 valence electrons. The average Bonchev–Trinajstić information content (AvgIpc) is 2.54. The molecule has 1 unspecified atom stereocenters. The van der Waals surface area contributed by atoms with Gasteiger partial charge >= 0.3 is 0 Å². The summed E-state index contributed by atoms with van der Waals surface area (Å²) in [5.74, 6) is 0.854. The molecule has 5 nitrogen and oxygen atoms in total. The minimum Gasteiger partial charge on any atom is -0.493 e. The number of methoxy groups -OCH3 is 2. The first-order valence-corrected chi connectivity index (χ1v) is 6.67. The molecule has 1 aromatic heterocycles. The van der Waals surface area contributed by atoms with Crippen LogP contribution in [0.3, 0.4) is 0 Å². The summed E-state index contributed by atoms with van der Waals surface area (Å²) >= 11 is 0. The van der Waals surface area contributed by atoms with Gasteiger partial charge in [-0.15, -0.1) is 0 Å². The predicted octanol–water partition coefficient (Wildman–Crippen LogP) is 1.86. The summed E-state index contributed by atoms with van der Waals surface area (Å²) < 4.78 is 10.6. The number of benzene rings is 1. The van der Waals surface area contributed by atoms with Crippen LogP contribution in [0.4, 0.5) is 0 Å². The smallest absolute Gasteiger partial charge is 0.232 e. The maximum Gasteiger partial charge on any atom is 0.232 e. The van der Waals surface area contributed by atoms with Crippen molar-refractivity contribution in [3.63, 3.8) is 0 Å². The predicted molar refractivity (Wildman–Crippen MR) is 77.5 cm³/mol. The highest BCUT2D eigenvalue weighted by atomic mass is 16.5. The van der Waals surface area contributed by atoms with Crippen LogP contribution in [0.15, 0.2) is 36.7 Å². The number of carbonyl (C=O) groups excluding carboxylic acids is 1. The Balaban J connectivity index is 2.09. The molecule has 1 aliphatic rings. The van der Waals surface area contributed by atoms with Gasteiger partial charge < -0.3 is 14.8 Å². The van der Waals surface area contributed by atoms with Crippen molar-refractivity contribution in [3.8, 4) is 11.5 Å². The molecular weight excluding hydrogens is 268 g/mol. The van der Waals surface area contributed by atoms with E-state index in [2.05, 4.69) is 10.3 Å². The molecule has 21 heavy (non-hydrogen) atoms. The van der Waals surface area contributed by atoms with E-state index in [4.69, 9.17) is 9.47 Å². The second-order valence-corrected chi connectivity index (χ2v) is 4.84. The van der Waals surface area contributed by atoms with E-state index in [0.717, 1.165) is 16.7 Å². The fourth-order valence-corrected chi connectivity index (χ4v) is 2.65. The first kappa shape index (κ1) is 13.4. The quantitative estimate of drug-likeness (QED) is 0.934. The molecule has 1 N–H and O–H groups in total. The number of fused-ring (bicyclic) bond motifs is 1. The van der Waals surface area contributed by atoms with Gasteiger partial charge in [0.15, 0.2) is 11.5 Å². The molecular formula is C16H16N2O3. The first-order valence-electron chi connectivity index (χ1n) is 6.67. The van der Waals surface area contributed by atoms with Crippen molar-refractivity contribution < 1.29 is 14.3 Å². The molecule has 1 atom stereocenters. The fraction of sp³-hybridized carbons (Fsp3) is 0.250. The van der Waals surface area contributed by atoms with Gasteiger partial charge in [-0.25, -0.2) is 0 Å². The lowest BCUT2D eigenvalue weighted by atomic mass is 9.86. The highest BCUT2D eigenvalue weighted by Gasteiger charge is 2.29. The number of aromatic nitrogens is 1. The van der Waals surface area contributed by atoms with Gasteiger partial charge in [0, 0.05) is 18.9 Å². The maximum absolute atomic E-state index is 12.3. The van der Waals surface area contributed by atoms with Gasteiger partial charge in [0.1, 0.15) is 0 Å². The van der Waals surface area contributed by atoms with Crippen molar-refractivity contribution in [3.05, 3.63) is 53.3 Å². The normalized spacial score (nSPS) is 16.9. The maximum atomic E-state index is 12.3. The number of pyridine rings is 1. The number of nitrogens with zero attached hydrogens (tertiary/aromatic N) is 1. The number of rotatable bonds is 3. The number of hydrogen-bond acceptors (Lipinski definition) is 4. The fourth-order valence-electron chi connectivity index (χ4n) is 2.65. The molecule has 0 bridgehead atoms. The molecule has 2 heterocycles. The van der Waals surface area contributed by atoms with E-state index in [1.807, 2.05) is 24.3 Å². The molecule has 1 aliphatic heterocycles. The average molecular weight is 284 g/mol. The van der Waals surface area contributed by atoms with E-state index in [1.54, 1.807) is 26.6 Å². The van der Waals surface area contributed by atoms with E-state index in [1.165, 1.54) is 0 Å². The van der Waals surface area contributed by atoms with Gasteiger partial charge in [-0.05, 0) is 34.9 Å². The Morgan fingerprint density at radius 2 is 2.00 bits per heavy atom. The monoisotopic (exact) mass is 284 g/mol. The van der Waals surface area contributed by atoms with Crippen LogP contribution < -0.4 is 14.8 Å². The molecule has 1 amide bonds. The van der Waals surface area contributed by atoms with Crippen molar-refractivity contribution in [2.24, 2.45) is 0 Å². The largest absolute Gasteiger partial charge is 0.493 e. The van der Waals surface area contributed by atoms with Crippen molar-refractivity contribution in [1.82, 2.24) is 10.3 Å². The second-order valence-electron chi connectivity index (χ2n) is 4.84. The molecule has 0 radical (unpaired) electrons. The Morgan fingerprint density at radius 3 is 2.76 bits per heavy atom. The first-order chi connectivity index (χ1) is 10.2. The zero-order chi connectivity index (χ0) is 14.8. The van der Waals surface area contributed by atoms with Crippen LogP contribution in [-0.2, 0) is 11.3 Å². The van der Waals surface area contributed by atoms with Crippen LogP contribution >= 0.6 is 0 Å². The Bertz CT molecular complexity index is 685. The summed E-state index contributed by atoms with van der Waals surface area (Å²) in [6.45, 7) is 0.542. The Hall–Kier alpha value is -2.56. The summed E-state index contributed by atoms with van der Waals surface area (Å²) in [6.07, 6.45) is 3.50. The van der Waals surface area contributed by atoms with E-state index >= 15 is 0 Å². The van der Waals surface area contributed by atoms with Crippen LogP contribution in [-0.4, -0.2) is 25.1 Å². The Morgan fingerprint density at radius 1 is 1.19 bits per heavy atom.